The highest BCUT2D eigenvalue weighted by Crippen LogP contribution is 2.22. The summed E-state index contributed by atoms with van der Waals surface area (Å²) in [4.78, 5) is 6.66. The zero-order valence-electron chi connectivity index (χ0n) is 12.7. The molecule has 1 saturated heterocycles. The van der Waals surface area contributed by atoms with E-state index in [0.717, 1.165) is 0 Å². The van der Waals surface area contributed by atoms with Crippen molar-refractivity contribution in [2.24, 2.45) is 0 Å². The first-order valence-corrected chi connectivity index (χ1v) is 7.38. The van der Waals surface area contributed by atoms with Crippen LogP contribution in [0, 0.1) is 0 Å². The van der Waals surface area contributed by atoms with E-state index in [9.17, 15) is 0 Å². The largest absolute Gasteiger partial charge is 0.307 e. The van der Waals surface area contributed by atoms with Crippen LogP contribution >= 0.6 is 0 Å². The predicted octanol–water partition coefficient (Wildman–Crippen LogP) is 3.00. The second-order valence-electron chi connectivity index (χ2n) is 6.60. The van der Waals surface area contributed by atoms with Crippen LogP contribution in [0.4, 0.5) is 0 Å². The number of pyridine rings is 1. The average Bonchev–Trinajstić information content (AvgIpc) is 2.39. The van der Waals surface area contributed by atoms with Crippen LogP contribution < -0.4 is 5.32 Å². The number of piperidine rings is 1. The SMILES string of the molecule is CC(NC1CCN(C(C)(C)C)CC1)c1ccncc1. The molecule has 0 amide bonds. The molecular formula is C16H27N3. The summed E-state index contributed by atoms with van der Waals surface area (Å²) in [5.41, 5.74) is 1.63. The number of likely N-dealkylation sites (tertiary alicyclic amines) is 1. The van der Waals surface area contributed by atoms with Crippen LogP contribution in [-0.4, -0.2) is 34.6 Å². The van der Waals surface area contributed by atoms with Crippen molar-refractivity contribution in [2.75, 3.05) is 13.1 Å². The Hall–Kier alpha value is -0.930. The van der Waals surface area contributed by atoms with Gasteiger partial charge in [0, 0.05) is 43.1 Å². The van der Waals surface area contributed by atoms with Gasteiger partial charge >= 0.3 is 0 Å². The topological polar surface area (TPSA) is 28.2 Å². The van der Waals surface area contributed by atoms with E-state index in [2.05, 4.69) is 55.0 Å². The van der Waals surface area contributed by atoms with Crippen molar-refractivity contribution in [1.82, 2.24) is 15.2 Å². The Balaban J connectivity index is 1.83. The minimum Gasteiger partial charge on any atom is -0.307 e. The molecule has 0 aliphatic carbocycles. The predicted molar refractivity (Wildman–Crippen MR) is 80.1 cm³/mol. The molecule has 0 saturated carbocycles. The fourth-order valence-corrected chi connectivity index (χ4v) is 2.82. The van der Waals surface area contributed by atoms with E-state index >= 15 is 0 Å². The molecular weight excluding hydrogens is 234 g/mol. The molecule has 1 aliphatic rings. The van der Waals surface area contributed by atoms with Crippen molar-refractivity contribution in [3.05, 3.63) is 30.1 Å². The van der Waals surface area contributed by atoms with E-state index in [1.54, 1.807) is 0 Å². The zero-order valence-corrected chi connectivity index (χ0v) is 12.7. The number of nitrogens with zero attached hydrogens (tertiary/aromatic N) is 2. The Morgan fingerprint density at radius 3 is 2.32 bits per heavy atom. The van der Waals surface area contributed by atoms with E-state index in [-0.39, 0.29) is 0 Å². The average molecular weight is 261 g/mol. The fraction of sp³-hybridized carbons (Fsp3) is 0.688. The smallest absolute Gasteiger partial charge is 0.0295 e. The normalized spacial score (nSPS) is 20.4. The first-order valence-electron chi connectivity index (χ1n) is 7.38. The third kappa shape index (κ3) is 4.02. The molecule has 1 unspecified atom stereocenters. The summed E-state index contributed by atoms with van der Waals surface area (Å²) in [7, 11) is 0. The Morgan fingerprint density at radius 2 is 1.79 bits per heavy atom. The van der Waals surface area contributed by atoms with Crippen LogP contribution in [-0.2, 0) is 0 Å². The monoisotopic (exact) mass is 261 g/mol. The first-order chi connectivity index (χ1) is 8.97. The summed E-state index contributed by atoms with van der Waals surface area (Å²) in [6, 6.07) is 5.25. The molecule has 0 bridgehead atoms. The molecule has 1 atom stereocenters. The van der Waals surface area contributed by atoms with E-state index < -0.39 is 0 Å². The van der Waals surface area contributed by atoms with Crippen LogP contribution in [0.1, 0.15) is 52.1 Å². The summed E-state index contributed by atoms with van der Waals surface area (Å²) >= 11 is 0. The Morgan fingerprint density at radius 1 is 1.21 bits per heavy atom. The van der Waals surface area contributed by atoms with Gasteiger partial charge in [-0.15, -0.1) is 0 Å². The van der Waals surface area contributed by atoms with Gasteiger partial charge in [-0.05, 0) is 58.2 Å². The van der Waals surface area contributed by atoms with Crippen LogP contribution in [0.15, 0.2) is 24.5 Å². The Bertz CT molecular complexity index is 375. The maximum Gasteiger partial charge on any atom is 0.0295 e. The van der Waals surface area contributed by atoms with Gasteiger partial charge in [0.15, 0.2) is 0 Å². The quantitative estimate of drug-likeness (QED) is 0.906. The molecule has 2 heterocycles. The van der Waals surface area contributed by atoms with Crippen molar-refractivity contribution in [3.63, 3.8) is 0 Å². The van der Waals surface area contributed by atoms with Crippen molar-refractivity contribution in [3.8, 4) is 0 Å². The highest BCUT2D eigenvalue weighted by molar-refractivity contribution is 5.14. The van der Waals surface area contributed by atoms with Gasteiger partial charge in [-0.2, -0.15) is 0 Å². The van der Waals surface area contributed by atoms with Crippen LogP contribution in [0.3, 0.4) is 0 Å². The van der Waals surface area contributed by atoms with Gasteiger partial charge in [0.05, 0.1) is 0 Å². The van der Waals surface area contributed by atoms with Crippen molar-refractivity contribution in [1.29, 1.82) is 0 Å². The van der Waals surface area contributed by atoms with E-state index in [1.807, 2.05) is 12.4 Å². The molecule has 1 aromatic heterocycles. The standard InChI is InChI=1S/C16H27N3/c1-13(14-5-9-17-10-6-14)18-15-7-11-19(12-8-15)16(2,3)4/h5-6,9-10,13,15,18H,7-8,11-12H2,1-4H3. The maximum absolute atomic E-state index is 4.08. The summed E-state index contributed by atoms with van der Waals surface area (Å²) in [5, 5.41) is 3.75. The second-order valence-corrected chi connectivity index (χ2v) is 6.60. The maximum atomic E-state index is 4.08. The molecule has 1 aromatic rings. The van der Waals surface area contributed by atoms with Gasteiger partial charge in [0.25, 0.3) is 0 Å². The number of hydrogen-bond donors (Lipinski definition) is 1. The molecule has 1 aliphatic heterocycles. The van der Waals surface area contributed by atoms with E-state index in [1.165, 1.54) is 31.5 Å². The number of nitrogens with one attached hydrogen (secondary N) is 1. The summed E-state index contributed by atoms with van der Waals surface area (Å²) in [6.07, 6.45) is 6.23. The lowest BCUT2D eigenvalue weighted by Gasteiger charge is -2.41. The lowest BCUT2D eigenvalue weighted by atomic mass is 9.97. The van der Waals surface area contributed by atoms with Gasteiger partial charge in [0.2, 0.25) is 0 Å². The molecule has 0 radical (unpaired) electrons. The lowest BCUT2D eigenvalue weighted by molar-refractivity contribution is 0.0942. The lowest BCUT2D eigenvalue weighted by Crippen LogP contribution is -2.50. The number of hydrogen-bond acceptors (Lipinski definition) is 3. The number of aromatic nitrogens is 1. The Kier molecular flexibility index (Phi) is 4.58. The van der Waals surface area contributed by atoms with Gasteiger partial charge in [-0.1, -0.05) is 0 Å². The van der Waals surface area contributed by atoms with Crippen LogP contribution in [0.5, 0.6) is 0 Å². The molecule has 0 aromatic carbocycles. The molecule has 3 nitrogen and oxygen atoms in total. The third-order valence-corrected chi connectivity index (χ3v) is 4.14. The highest BCUT2D eigenvalue weighted by atomic mass is 15.2. The van der Waals surface area contributed by atoms with Crippen LogP contribution in [0.25, 0.3) is 0 Å². The van der Waals surface area contributed by atoms with Crippen molar-refractivity contribution < 1.29 is 0 Å². The minimum absolute atomic E-state index is 0.307. The van der Waals surface area contributed by atoms with E-state index in [0.29, 0.717) is 17.6 Å². The van der Waals surface area contributed by atoms with E-state index in [4.69, 9.17) is 0 Å². The van der Waals surface area contributed by atoms with Gasteiger partial charge in [-0.3, -0.25) is 9.88 Å². The summed E-state index contributed by atoms with van der Waals surface area (Å²) in [5.74, 6) is 0. The minimum atomic E-state index is 0.307. The van der Waals surface area contributed by atoms with Crippen molar-refractivity contribution >= 4 is 0 Å². The molecule has 1 N–H and O–H groups in total. The molecule has 106 valence electrons. The highest BCUT2D eigenvalue weighted by Gasteiger charge is 2.27. The number of rotatable bonds is 3. The van der Waals surface area contributed by atoms with Crippen LogP contribution in [0.2, 0.25) is 0 Å². The summed E-state index contributed by atoms with van der Waals surface area (Å²) < 4.78 is 0. The molecule has 3 heteroatoms. The fourth-order valence-electron chi connectivity index (χ4n) is 2.82. The Labute approximate surface area is 117 Å². The zero-order chi connectivity index (χ0) is 13.9. The molecule has 19 heavy (non-hydrogen) atoms. The third-order valence-electron chi connectivity index (χ3n) is 4.14. The molecule has 0 spiro atoms. The van der Waals surface area contributed by atoms with Crippen molar-refractivity contribution in [2.45, 2.75) is 58.2 Å². The first kappa shape index (κ1) is 14.5. The van der Waals surface area contributed by atoms with Gasteiger partial charge < -0.3 is 5.32 Å². The van der Waals surface area contributed by atoms with Gasteiger partial charge in [-0.25, -0.2) is 0 Å². The van der Waals surface area contributed by atoms with Gasteiger partial charge in [0.1, 0.15) is 0 Å². The molecule has 1 fully saturated rings. The molecule has 2 rings (SSSR count). The second kappa shape index (κ2) is 6.02. The summed E-state index contributed by atoms with van der Waals surface area (Å²) in [6.45, 7) is 11.6.